The predicted molar refractivity (Wildman–Crippen MR) is 99.0 cm³/mol. The molecule has 2 aromatic rings. The van der Waals surface area contributed by atoms with Gasteiger partial charge in [-0.1, -0.05) is 36.4 Å². The summed E-state index contributed by atoms with van der Waals surface area (Å²) in [4.78, 5) is 2.48. The third kappa shape index (κ3) is 3.66. The van der Waals surface area contributed by atoms with Crippen molar-refractivity contribution in [1.82, 2.24) is 4.90 Å². The second kappa shape index (κ2) is 7.73. The van der Waals surface area contributed by atoms with Crippen LogP contribution in [0.5, 0.6) is 5.75 Å². The van der Waals surface area contributed by atoms with Crippen molar-refractivity contribution in [2.24, 2.45) is 5.92 Å². The van der Waals surface area contributed by atoms with Gasteiger partial charge in [0.1, 0.15) is 12.4 Å². The molecule has 0 spiro atoms. The van der Waals surface area contributed by atoms with Crippen LogP contribution in [0.15, 0.2) is 42.5 Å². The van der Waals surface area contributed by atoms with Gasteiger partial charge >= 0.3 is 0 Å². The van der Waals surface area contributed by atoms with Crippen LogP contribution in [-0.2, 0) is 4.74 Å². The molecule has 0 saturated carbocycles. The summed E-state index contributed by atoms with van der Waals surface area (Å²) < 4.78 is 11.7. The predicted octanol–water partition coefficient (Wildman–Crippen LogP) is 3.08. The minimum absolute atomic E-state index is 0.224. The normalized spacial score (nSPS) is 27.6. The molecule has 3 atom stereocenters. The van der Waals surface area contributed by atoms with E-state index in [1.807, 2.05) is 12.1 Å². The van der Waals surface area contributed by atoms with Crippen LogP contribution in [0.1, 0.15) is 19.3 Å². The molecular formula is C21H27NO3. The summed E-state index contributed by atoms with van der Waals surface area (Å²) in [5, 5.41) is 12.7. The number of fused-ring (bicyclic) bond motifs is 1. The Hall–Kier alpha value is -1.62. The average Bonchev–Trinajstić information content (AvgIpc) is 3.11. The molecule has 25 heavy (non-hydrogen) atoms. The van der Waals surface area contributed by atoms with Gasteiger partial charge in [0.2, 0.25) is 0 Å². The van der Waals surface area contributed by atoms with Gasteiger partial charge < -0.3 is 14.6 Å². The monoisotopic (exact) mass is 341 g/mol. The first-order valence-electron chi connectivity index (χ1n) is 9.43. The summed E-state index contributed by atoms with van der Waals surface area (Å²) in [5.41, 5.74) is 0. The molecule has 4 nitrogen and oxygen atoms in total. The lowest BCUT2D eigenvalue weighted by Gasteiger charge is -2.37. The number of aliphatic hydroxyl groups is 1. The molecule has 4 heteroatoms. The molecule has 4 rings (SSSR count). The Morgan fingerprint density at radius 2 is 2.00 bits per heavy atom. The molecule has 2 aliphatic heterocycles. The molecule has 2 aromatic carbocycles. The smallest absolute Gasteiger partial charge is 0.127 e. The SMILES string of the molecule is O[C@@H]1CCOC[C@@H]1[C@@H]1CCCN1CCOc1cccc2ccccc12. The molecule has 0 unspecified atom stereocenters. The van der Waals surface area contributed by atoms with Crippen LogP contribution in [0, 0.1) is 5.92 Å². The van der Waals surface area contributed by atoms with Gasteiger partial charge in [-0.3, -0.25) is 4.90 Å². The van der Waals surface area contributed by atoms with E-state index in [-0.39, 0.29) is 12.0 Å². The lowest BCUT2D eigenvalue weighted by Crippen LogP contribution is -2.47. The number of likely N-dealkylation sites (tertiary alicyclic amines) is 1. The lowest BCUT2D eigenvalue weighted by atomic mass is 9.89. The van der Waals surface area contributed by atoms with Crippen molar-refractivity contribution in [3.05, 3.63) is 42.5 Å². The van der Waals surface area contributed by atoms with E-state index in [2.05, 4.69) is 35.2 Å². The number of hydrogen-bond donors (Lipinski definition) is 1. The molecule has 0 amide bonds. The fourth-order valence-corrected chi connectivity index (χ4v) is 4.32. The highest BCUT2D eigenvalue weighted by atomic mass is 16.5. The van der Waals surface area contributed by atoms with Crippen LogP contribution < -0.4 is 4.74 Å². The molecule has 134 valence electrons. The molecule has 2 fully saturated rings. The van der Waals surface area contributed by atoms with Gasteiger partial charge in [0.25, 0.3) is 0 Å². The van der Waals surface area contributed by atoms with Gasteiger partial charge in [0, 0.05) is 30.5 Å². The van der Waals surface area contributed by atoms with E-state index in [9.17, 15) is 5.11 Å². The van der Waals surface area contributed by atoms with Crippen LogP contribution in [0.25, 0.3) is 10.8 Å². The highest BCUT2D eigenvalue weighted by molar-refractivity contribution is 5.88. The van der Waals surface area contributed by atoms with Crippen LogP contribution >= 0.6 is 0 Å². The summed E-state index contributed by atoms with van der Waals surface area (Å²) in [6, 6.07) is 15.0. The third-order valence-electron chi connectivity index (χ3n) is 5.66. The number of nitrogens with zero attached hydrogens (tertiary/aromatic N) is 1. The Bertz CT molecular complexity index is 699. The summed E-state index contributed by atoms with van der Waals surface area (Å²) in [6.07, 6.45) is 2.89. The number of benzene rings is 2. The van der Waals surface area contributed by atoms with E-state index < -0.39 is 0 Å². The van der Waals surface area contributed by atoms with E-state index in [1.54, 1.807) is 0 Å². The maximum Gasteiger partial charge on any atom is 0.127 e. The molecule has 0 bridgehead atoms. The Kier molecular flexibility index (Phi) is 5.20. The van der Waals surface area contributed by atoms with Crippen molar-refractivity contribution >= 4 is 10.8 Å². The Morgan fingerprint density at radius 3 is 2.92 bits per heavy atom. The number of ether oxygens (including phenoxy) is 2. The van der Waals surface area contributed by atoms with E-state index in [0.29, 0.717) is 25.9 Å². The largest absolute Gasteiger partial charge is 0.492 e. The van der Waals surface area contributed by atoms with Crippen molar-refractivity contribution in [2.45, 2.75) is 31.4 Å². The highest BCUT2D eigenvalue weighted by Crippen LogP contribution is 2.30. The molecular weight excluding hydrogens is 314 g/mol. The summed E-state index contributed by atoms with van der Waals surface area (Å²) >= 11 is 0. The summed E-state index contributed by atoms with van der Waals surface area (Å²) in [6.45, 7) is 4.04. The minimum atomic E-state index is -0.224. The Morgan fingerprint density at radius 1 is 1.12 bits per heavy atom. The van der Waals surface area contributed by atoms with Gasteiger partial charge in [0.15, 0.2) is 0 Å². The number of aliphatic hydroxyl groups excluding tert-OH is 1. The maximum absolute atomic E-state index is 10.3. The lowest BCUT2D eigenvalue weighted by molar-refractivity contribution is -0.0634. The van der Waals surface area contributed by atoms with Crippen LogP contribution in [0.3, 0.4) is 0 Å². The van der Waals surface area contributed by atoms with Crippen LogP contribution in [-0.4, -0.2) is 55.1 Å². The first-order valence-corrected chi connectivity index (χ1v) is 9.43. The maximum atomic E-state index is 10.3. The zero-order valence-electron chi connectivity index (χ0n) is 14.6. The average molecular weight is 341 g/mol. The second-order valence-electron chi connectivity index (χ2n) is 7.17. The van der Waals surface area contributed by atoms with Crippen LogP contribution in [0.2, 0.25) is 0 Å². The molecule has 1 N–H and O–H groups in total. The molecule has 0 aromatic heterocycles. The quantitative estimate of drug-likeness (QED) is 0.907. The summed E-state index contributed by atoms with van der Waals surface area (Å²) in [7, 11) is 0. The highest BCUT2D eigenvalue weighted by Gasteiger charge is 2.37. The fourth-order valence-electron chi connectivity index (χ4n) is 4.32. The molecule has 2 aliphatic rings. The number of hydrogen-bond acceptors (Lipinski definition) is 4. The Balaban J connectivity index is 1.37. The van der Waals surface area contributed by atoms with Crippen molar-refractivity contribution < 1.29 is 14.6 Å². The van der Waals surface area contributed by atoms with E-state index >= 15 is 0 Å². The van der Waals surface area contributed by atoms with E-state index in [4.69, 9.17) is 9.47 Å². The van der Waals surface area contributed by atoms with Gasteiger partial charge in [0.05, 0.1) is 12.7 Å². The standard InChI is InChI=1S/C21H27NO3/c23-20-10-13-24-15-18(20)19-8-4-11-22(19)12-14-25-21-9-3-6-16-5-1-2-7-17(16)21/h1-3,5-7,9,18-20,23H,4,8,10-15H2/t18-,19+,20-/m1/s1. The first kappa shape index (κ1) is 16.8. The van der Waals surface area contributed by atoms with Gasteiger partial charge in [-0.05, 0) is 37.3 Å². The molecule has 2 heterocycles. The summed E-state index contributed by atoms with van der Waals surface area (Å²) in [5.74, 6) is 1.20. The van der Waals surface area contributed by atoms with Gasteiger partial charge in [-0.15, -0.1) is 0 Å². The molecule has 2 saturated heterocycles. The van der Waals surface area contributed by atoms with Gasteiger partial charge in [-0.2, -0.15) is 0 Å². The van der Waals surface area contributed by atoms with Crippen molar-refractivity contribution in [1.29, 1.82) is 0 Å². The topological polar surface area (TPSA) is 41.9 Å². The zero-order valence-corrected chi connectivity index (χ0v) is 14.6. The first-order chi connectivity index (χ1) is 12.3. The fraction of sp³-hybridized carbons (Fsp3) is 0.524. The minimum Gasteiger partial charge on any atom is -0.492 e. The van der Waals surface area contributed by atoms with Crippen molar-refractivity contribution in [2.75, 3.05) is 32.9 Å². The number of rotatable bonds is 5. The third-order valence-corrected chi connectivity index (χ3v) is 5.66. The second-order valence-corrected chi connectivity index (χ2v) is 7.17. The van der Waals surface area contributed by atoms with Crippen molar-refractivity contribution in [3.63, 3.8) is 0 Å². The molecule has 0 aliphatic carbocycles. The van der Waals surface area contributed by atoms with Crippen molar-refractivity contribution in [3.8, 4) is 5.75 Å². The van der Waals surface area contributed by atoms with Crippen LogP contribution in [0.4, 0.5) is 0 Å². The Labute approximate surface area is 149 Å². The molecule has 0 radical (unpaired) electrons. The van der Waals surface area contributed by atoms with Gasteiger partial charge in [-0.25, -0.2) is 0 Å². The van der Waals surface area contributed by atoms with E-state index in [0.717, 1.165) is 31.7 Å². The zero-order chi connectivity index (χ0) is 17.1. The van der Waals surface area contributed by atoms with E-state index in [1.165, 1.54) is 17.2 Å².